The second kappa shape index (κ2) is 11.5. The van der Waals surface area contributed by atoms with Crippen LogP contribution in [0.1, 0.15) is 50.9 Å². The van der Waals surface area contributed by atoms with Crippen molar-refractivity contribution in [2.24, 2.45) is 0 Å². The zero-order valence-electron chi connectivity index (χ0n) is 20.7. The number of amides is 2. The average molecular weight is 492 g/mol. The number of aromatic nitrogens is 1. The Labute approximate surface area is 211 Å². The molecule has 2 amide bonds. The predicted molar refractivity (Wildman–Crippen MR) is 139 cm³/mol. The molecule has 2 aromatic carbocycles. The summed E-state index contributed by atoms with van der Waals surface area (Å²) in [5.74, 6) is 0.974. The molecule has 4 rings (SSSR count). The van der Waals surface area contributed by atoms with Gasteiger partial charge in [-0.25, -0.2) is 4.98 Å². The SMILES string of the molecule is Cc1ccc(OCC(=O)N2CCC(c3nc(C(=O)N(C)CCc4ccccc4)cs3)CC2)cc1C. The normalized spacial score (nSPS) is 14.1. The first kappa shape index (κ1) is 24.9. The van der Waals surface area contributed by atoms with Crippen LogP contribution in [0.15, 0.2) is 53.9 Å². The maximum Gasteiger partial charge on any atom is 0.273 e. The molecule has 1 aromatic heterocycles. The summed E-state index contributed by atoms with van der Waals surface area (Å²) in [6.07, 6.45) is 2.51. The van der Waals surface area contributed by atoms with Gasteiger partial charge in [0.05, 0.1) is 5.01 Å². The van der Waals surface area contributed by atoms with E-state index in [-0.39, 0.29) is 24.3 Å². The average Bonchev–Trinajstić information content (AvgIpc) is 3.38. The van der Waals surface area contributed by atoms with E-state index >= 15 is 0 Å². The fraction of sp³-hybridized carbons (Fsp3) is 0.393. The van der Waals surface area contributed by atoms with Gasteiger partial charge in [-0.3, -0.25) is 9.59 Å². The van der Waals surface area contributed by atoms with Crippen LogP contribution in [0.4, 0.5) is 0 Å². The third kappa shape index (κ3) is 6.48. The van der Waals surface area contributed by atoms with E-state index in [0.717, 1.165) is 35.6 Å². The van der Waals surface area contributed by atoms with E-state index in [1.54, 1.807) is 16.2 Å². The number of rotatable bonds is 8. The number of benzene rings is 2. The molecule has 0 bridgehead atoms. The van der Waals surface area contributed by atoms with Crippen molar-refractivity contribution in [2.45, 2.75) is 39.0 Å². The van der Waals surface area contributed by atoms with E-state index in [2.05, 4.69) is 24.0 Å². The number of hydrogen-bond acceptors (Lipinski definition) is 5. The van der Waals surface area contributed by atoms with Gasteiger partial charge in [-0.2, -0.15) is 0 Å². The molecule has 0 atom stereocenters. The summed E-state index contributed by atoms with van der Waals surface area (Å²) in [6.45, 7) is 6.16. The summed E-state index contributed by atoms with van der Waals surface area (Å²) in [5, 5.41) is 2.86. The number of hydrogen-bond donors (Lipinski definition) is 0. The van der Waals surface area contributed by atoms with E-state index in [9.17, 15) is 9.59 Å². The van der Waals surface area contributed by atoms with Crippen LogP contribution in [-0.2, 0) is 11.2 Å². The summed E-state index contributed by atoms with van der Waals surface area (Å²) in [5.41, 5.74) is 4.09. The fourth-order valence-electron chi connectivity index (χ4n) is 4.23. The maximum absolute atomic E-state index is 12.8. The van der Waals surface area contributed by atoms with E-state index in [4.69, 9.17) is 4.74 Å². The monoisotopic (exact) mass is 491 g/mol. The van der Waals surface area contributed by atoms with Crippen molar-refractivity contribution in [3.63, 3.8) is 0 Å². The lowest BCUT2D eigenvalue weighted by Crippen LogP contribution is -2.40. The molecule has 7 heteroatoms. The molecular formula is C28H33N3O3S. The van der Waals surface area contributed by atoms with Crippen molar-refractivity contribution in [3.05, 3.63) is 81.3 Å². The van der Waals surface area contributed by atoms with Gasteiger partial charge in [0.15, 0.2) is 6.61 Å². The highest BCUT2D eigenvalue weighted by Gasteiger charge is 2.27. The highest BCUT2D eigenvalue weighted by atomic mass is 32.1. The Morgan fingerprint density at radius 2 is 1.83 bits per heavy atom. The molecule has 0 unspecified atom stereocenters. The molecule has 1 aliphatic rings. The van der Waals surface area contributed by atoms with Gasteiger partial charge in [-0.15, -0.1) is 11.3 Å². The number of piperidine rings is 1. The molecule has 0 aliphatic carbocycles. The molecule has 0 N–H and O–H groups in total. The van der Waals surface area contributed by atoms with Crippen LogP contribution in [0.3, 0.4) is 0 Å². The second-order valence-corrected chi connectivity index (χ2v) is 10.1. The van der Waals surface area contributed by atoms with Gasteiger partial charge < -0.3 is 14.5 Å². The minimum atomic E-state index is -0.0421. The number of nitrogens with zero attached hydrogens (tertiary/aromatic N) is 3. The first-order chi connectivity index (χ1) is 16.9. The molecule has 1 saturated heterocycles. The molecule has 2 heterocycles. The van der Waals surface area contributed by atoms with Crippen molar-refractivity contribution in [3.8, 4) is 5.75 Å². The Bertz CT molecular complexity index is 1150. The van der Waals surface area contributed by atoms with Crippen molar-refractivity contribution in [1.82, 2.24) is 14.8 Å². The summed E-state index contributed by atoms with van der Waals surface area (Å²) >= 11 is 1.55. The smallest absolute Gasteiger partial charge is 0.273 e. The first-order valence-electron chi connectivity index (χ1n) is 12.1. The number of thiazole rings is 1. The van der Waals surface area contributed by atoms with Crippen molar-refractivity contribution in [2.75, 3.05) is 33.3 Å². The fourth-order valence-corrected chi connectivity index (χ4v) is 5.19. The number of ether oxygens (including phenoxy) is 1. The maximum atomic E-state index is 12.8. The largest absolute Gasteiger partial charge is 0.484 e. The van der Waals surface area contributed by atoms with Gasteiger partial charge in [0.2, 0.25) is 0 Å². The van der Waals surface area contributed by atoms with Gasteiger partial charge in [-0.1, -0.05) is 36.4 Å². The van der Waals surface area contributed by atoms with Gasteiger partial charge in [-0.05, 0) is 61.9 Å². The van der Waals surface area contributed by atoms with Crippen LogP contribution < -0.4 is 4.74 Å². The zero-order chi connectivity index (χ0) is 24.8. The molecule has 1 fully saturated rings. The first-order valence-corrected chi connectivity index (χ1v) is 13.0. The van der Waals surface area contributed by atoms with Crippen LogP contribution in [0, 0.1) is 13.8 Å². The topological polar surface area (TPSA) is 62.7 Å². The van der Waals surface area contributed by atoms with Crippen LogP contribution in [0.2, 0.25) is 0 Å². The number of carbonyl (C=O) groups excluding carboxylic acids is 2. The number of likely N-dealkylation sites (N-methyl/N-ethyl adjacent to an activating group) is 1. The summed E-state index contributed by atoms with van der Waals surface area (Å²) < 4.78 is 5.72. The van der Waals surface area contributed by atoms with E-state index in [0.29, 0.717) is 25.3 Å². The van der Waals surface area contributed by atoms with Gasteiger partial charge in [0.1, 0.15) is 11.4 Å². The number of likely N-dealkylation sites (tertiary alicyclic amines) is 1. The number of carbonyl (C=O) groups is 2. The Kier molecular flexibility index (Phi) is 8.18. The highest BCUT2D eigenvalue weighted by molar-refractivity contribution is 7.09. The second-order valence-electron chi connectivity index (χ2n) is 9.22. The summed E-state index contributed by atoms with van der Waals surface area (Å²) in [7, 11) is 1.83. The molecule has 6 nitrogen and oxygen atoms in total. The molecule has 3 aromatic rings. The lowest BCUT2D eigenvalue weighted by Gasteiger charge is -2.31. The molecule has 35 heavy (non-hydrogen) atoms. The van der Waals surface area contributed by atoms with Crippen molar-refractivity contribution < 1.29 is 14.3 Å². The zero-order valence-corrected chi connectivity index (χ0v) is 21.5. The van der Waals surface area contributed by atoms with Crippen LogP contribution in [0.25, 0.3) is 0 Å². The number of aryl methyl sites for hydroxylation is 2. The predicted octanol–water partition coefficient (Wildman–Crippen LogP) is 4.86. The quantitative estimate of drug-likeness (QED) is 0.452. The van der Waals surface area contributed by atoms with Gasteiger partial charge in [0, 0.05) is 38.0 Å². The third-order valence-electron chi connectivity index (χ3n) is 6.70. The minimum absolute atomic E-state index is 0.0109. The van der Waals surface area contributed by atoms with Crippen molar-refractivity contribution >= 4 is 23.2 Å². The molecule has 1 aliphatic heterocycles. The third-order valence-corrected chi connectivity index (χ3v) is 7.71. The Morgan fingerprint density at radius 3 is 2.54 bits per heavy atom. The van der Waals surface area contributed by atoms with Crippen molar-refractivity contribution in [1.29, 1.82) is 0 Å². The Balaban J connectivity index is 1.24. The van der Waals surface area contributed by atoms with E-state index in [1.807, 2.05) is 60.6 Å². The Hall–Kier alpha value is -3.19. The van der Waals surface area contributed by atoms with Crippen LogP contribution >= 0.6 is 11.3 Å². The van der Waals surface area contributed by atoms with Crippen LogP contribution in [-0.4, -0.2) is 59.9 Å². The molecular weight excluding hydrogens is 458 g/mol. The Morgan fingerprint density at radius 1 is 1.09 bits per heavy atom. The molecule has 0 radical (unpaired) electrons. The highest BCUT2D eigenvalue weighted by Crippen LogP contribution is 2.30. The lowest BCUT2D eigenvalue weighted by molar-refractivity contribution is -0.134. The van der Waals surface area contributed by atoms with Gasteiger partial charge in [0.25, 0.3) is 11.8 Å². The standard InChI is InChI=1S/C28H33N3O3S/c1-20-9-10-24(17-21(20)2)34-18-26(32)31-15-12-23(13-16-31)27-29-25(19-35-27)28(33)30(3)14-11-22-7-5-4-6-8-22/h4-10,17,19,23H,11-16,18H2,1-3H3. The molecule has 0 saturated carbocycles. The van der Waals surface area contributed by atoms with E-state index < -0.39 is 0 Å². The summed E-state index contributed by atoms with van der Waals surface area (Å²) in [4.78, 5) is 33.8. The lowest BCUT2D eigenvalue weighted by atomic mass is 9.97. The van der Waals surface area contributed by atoms with Crippen LogP contribution in [0.5, 0.6) is 5.75 Å². The molecule has 0 spiro atoms. The molecule has 184 valence electrons. The summed E-state index contributed by atoms with van der Waals surface area (Å²) in [6, 6.07) is 16.1. The van der Waals surface area contributed by atoms with Gasteiger partial charge >= 0.3 is 0 Å². The minimum Gasteiger partial charge on any atom is -0.484 e. The van der Waals surface area contributed by atoms with E-state index in [1.165, 1.54) is 11.1 Å².